The standard InChI is InChI=1S/C16H13NO4S/c1-21-16(20)13(10-6-7-22-9-10)8-17-14(18)11-4-2-3-5-12(11)15(17)19/h2-7,9,13H,8H2,1H3/t13-/m1/s1. The number of fused-ring (bicyclic) bond motifs is 1. The highest BCUT2D eigenvalue weighted by atomic mass is 32.1. The molecule has 0 saturated carbocycles. The number of hydrogen-bond donors (Lipinski definition) is 0. The predicted molar refractivity (Wildman–Crippen MR) is 80.9 cm³/mol. The topological polar surface area (TPSA) is 63.7 Å². The summed E-state index contributed by atoms with van der Waals surface area (Å²) in [6.07, 6.45) is 0. The molecule has 112 valence electrons. The number of hydrogen-bond acceptors (Lipinski definition) is 5. The molecule has 0 bridgehead atoms. The van der Waals surface area contributed by atoms with Crippen molar-refractivity contribution < 1.29 is 19.1 Å². The van der Waals surface area contributed by atoms with Gasteiger partial charge in [0.1, 0.15) is 5.92 Å². The molecular formula is C16H13NO4S. The first kappa shape index (κ1) is 14.5. The van der Waals surface area contributed by atoms with Crippen LogP contribution in [0.1, 0.15) is 32.2 Å². The number of benzene rings is 1. The van der Waals surface area contributed by atoms with Crippen LogP contribution in [0.25, 0.3) is 0 Å². The molecule has 1 atom stereocenters. The van der Waals surface area contributed by atoms with Gasteiger partial charge in [0.25, 0.3) is 11.8 Å². The molecule has 3 rings (SSSR count). The van der Waals surface area contributed by atoms with E-state index < -0.39 is 11.9 Å². The first-order valence-corrected chi connectivity index (χ1v) is 7.63. The smallest absolute Gasteiger partial charge is 0.315 e. The van der Waals surface area contributed by atoms with Gasteiger partial charge in [0.15, 0.2) is 0 Å². The highest BCUT2D eigenvalue weighted by Crippen LogP contribution is 2.27. The molecule has 2 amide bonds. The minimum absolute atomic E-state index is 0.0181. The lowest BCUT2D eigenvalue weighted by Gasteiger charge is -2.20. The largest absolute Gasteiger partial charge is 0.468 e. The van der Waals surface area contributed by atoms with Crippen molar-refractivity contribution in [2.24, 2.45) is 0 Å². The predicted octanol–water partition coefficient (Wildman–Crippen LogP) is 2.30. The van der Waals surface area contributed by atoms with Crippen LogP contribution in [0.2, 0.25) is 0 Å². The van der Waals surface area contributed by atoms with E-state index >= 15 is 0 Å². The van der Waals surface area contributed by atoms with Gasteiger partial charge < -0.3 is 4.74 Å². The lowest BCUT2D eigenvalue weighted by atomic mass is 10.0. The van der Waals surface area contributed by atoms with E-state index in [-0.39, 0.29) is 18.4 Å². The Morgan fingerprint density at radius 2 is 1.82 bits per heavy atom. The maximum atomic E-state index is 12.4. The third-order valence-electron chi connectivity index (χ3n) is 3.67. The highest BCUT2D eigenvalue weighted by molar-refractivity contribution is 7.08. The fourth-order valence-corrected chi connectivity index (χ4v) is 3.23. The quantitative estimate of drug-likeness (QED) is 0.641. The average molecular weight is 315 g/mol. The molecule has 2 aromatic rings. The van der Waals surface area contributed by atoms with Crippen LogP contribution >= 0.6 is 11.3 Å². The minimum atomic E-state index is -0.668. The number of methoxy groups -OCH3 is 1. The molecule has 1 aliphatic rings. The van der Waals surface area contributed by atoms with Gasteiger partial charge in [-0.15, -0.1) is 0 Å². The van der Waals surface area contributed by atoms with Crippen molar-refractivity contribution in [2.45, 2.75) is 5.92 Å². The van der Waals surface area contributed by atoms with Crippen LogP contribution in [0.15, 0.2) is 41.1 Å². The molecule has 0 spiro atoms. The molecule has 6 heteroatoms. The Morgan fingerprint density at radius 3 is 2.32 bits per heavy atom. The van der Waals surface area contributed by atoms with Gasteiger partial charge in [0.05, 0.1) is 18.2 Å². The van der Waals surface area contributed by atoms with Gasteiger partial charge in [0.2, 0.25) is 0 Å². The highest BCUT2D eigenvalue weighted by Gasteiger charge is 2.38. The number of nitrogens with zero attached hydrogens (tertiary/aromatic N) is 1. The molecule has 1 aromatic carbocycles. The number of rotatable bonds is 4. The molecule has 0 fully saturated rings. The van der Waals surface area contributed by atoms with E-state index in [1.54, 1.807) is 30.3 Å². The molecule has 0 N–H and O–H groups in total. The summed E-state index contributed by atoms with van der Waals surface area (Å²) in [4.78, 5) is 37.9. The van der Waals surface area contributed by atoms with E-state index in [2.05, 4.69) is 0 Å². The SMILES string of the molecule is COC(=O)[C@H](CN1C(=O)c2ccccc2C1=O)c1ccsc1. The van der Waals surface area contributed by atoms with Crippen LogP contribution in [0.5, 0.6) is 0 Å². The molecule has 5 nitrogen and oxygen atoms in total. The van der Waals surface area contributed by atoms with Crippen LogP contribution in [0.4, 0.5) is 0 Å². The molecule has 0 radical (unpaired) electrons. The van der Waals surface area contributed by atoms with Crippen molar-refractivity contribution in [3.63, 3.8) is 0 Å². The number of thiophene rings is 1. The summed E-state index contributed by atoms with van der Waals surface area (Å²) in [5, 5.41) is 3.66. The Hall–Kier alpha value is -2.47. The third kappa shape index (κ3) is 2.31. The zero-order valence-electron chi connectivity index (χ0n) is 11.8. The van der Waals surface area contributed by atoms with Gasteiger partial charge in [-0.25, -0.2) is 0 Å². The number of carbonyl (C=O) groups excluding carboxylic acids is 3. The van der Waals surface area contributed by atoms with E-state index in [4.69, 9.17) is 4.74 Å². The number of imide groups is 1. The van der Waals surface area contributed by atoms with Gasteiger partial charge in [-0.05, 0) is 34.5 Å². The molecular weight excluding hydrogens is 302 g/mol. The van der Waals surface area contributed by atoms with Gasteiger partial charge in [-0.2, -0.15) is 11.3 Å². The van der Waals surface area contributed by atoms with Crippen LogP contribution in [-0.4, -0.2) is 36.3 Å². The summed E-state index contributed by atoms with van der Waals surface area (Å²) in [6, 6.07) is 8.46. The van der Waals surface area contributed by atoms with Gasteiger partial charge in [-0.3, -0.25) is 19.3 Å². The van der Waals surface area contributed by atoms with Crippen molar-refractivity contribution in [3.8, 4) is 0 Å². The van der Waals surface area contributed by atoms with Crippen LogP contribution < -0.4 is 0 Å². The molecule has 1 aromatic heterocycles. The zero-order valence-corrected chi connectivity index (χ0v) is 12.6. The summed E-state index contributed by atoms with van der Waals surface area (Å²) in [5.74, 6) is -1.87. The van der Waals surface area contributed by atoms with E-state index in [0.29, 0.717) is 11.1 Å². The molecule has 0 saturated heterocycles. The number of ether oxygens (including phenoxy) is 1. The van der Waals surface area contributed by atoms with E-state index in [1.165, 1.54) is 18.4 Å². The number of amides is 2. The Kier molecular flexibility index (Phi) is 3.77. The second-order valence-corrected chi connectivity index (χ2v) is 5.68. The van der Waals surface area contributed by atoms with Crippen molar-refractivity contribution in [1.29, 1.82) is 0 Å². The van der Waals surface area contributed by atoms with Gasteiger partial charge in [0, 0.05) is 6.54 Å². The Bertz CT molecular complexity index is 703. The van der Waals surface area contributed by atoms with Crippen LogP contribution in [-0.2, 0) is 9.53 Å². The molecule has 1 aliphatic heterocycles. The third-order valence-corrected chi connectivity index (χ3v) is 4.38. The van der Waals surface area contributed by atoms with E-state index in [0.717, 1.165) is 10.5 Å². The second kappa shape index (κ2) is 5.73. The normalized spacial score (nSPS) is 14.9. The number of carbonyl (C=O) groups is 3. The Balaban J connectivity index is 1.90. The van der Waals surface area contributed by atoms with Gasteiger partial charge in [-0.1, -0.05) is 12.1 Å². The van der Waals surface area contributed by atoms with Crippen molar-refractivity contribution in [3.05, 3.63) is 57.8 Å². The fraction of sp³-hybridized carbons (Fsp3) is 0.188. The molecule has 2 heterocycles. The maximum absolute atomic E-state index is 12.4. The maximum Gasteiger partial charge on any atom is 0.315 e. The Morgan fingerprint density at radius 1 is 1.18 bits per heavy atom. The van der Waals surface area contributed by atoms with Crippen molar-refractivity contribution >= 4 is 29.1 Å². The summed E-state index contributed by atoms with van der Waals surface area (Å²) in [6.45, 7) is -0.0181. The number of esters is 1. The van der Waals surface area contributed by atoms with Crippen LogP contribution in [0, 0.1) is 0 Å². The van der Waals surface area contributed by atoms with Crippen molar-refractivity contribution in [2.75, 3.05) is 13.7 Å². The summed E-state index contributed by atoms with van der Waals surface area (Å²) in [7, 11) is 1.30. The van der Waals surface area contributed by atoms with Gasteiger partial charge >= 0.3 is 5.97 Å². The molecule has 22 heavy (non-hydrogen) atoms. The first-order valence-electron chi connectivity index (χ1n) is 6.68. The zero-order chi connectivity index (χ0) is 15.7. The summed E-state index contributed by atoms with van der Waals surface area (Å²) in [5.41, 5.74) is 1.50. The average Bonchev–Trinajstić information content (AvgIpc) is 3.15. The fourth-order valence-electron chi connectivity index (χ4n) is 2.52. The first-order chi connectivity index (χ1) is 10.6. The Labute approximate surface area is 131 Å². The lowest BCUT2D eigenvalue weighted by molar-refractivity contribution is -0.142. The van der Waals surface area contributed by atoms with Crippen LogP contribution in [0.3, 0.4) is 0 Å². The minimum Gasteiger partial charge on any atom is -0.468 e. The molecule has 0 unspecified atom stereocenters. The van der Waals surface area contributed by atoms with E-state index in [1.807, 2.05) is 10.8 Å². The van der Waals surface area contributed by atoms with E-state index in [9.17, 15) is 14.4 Å². The second-order valence-electron chi connectivity index (χ2n) is 4.90. The van der Waals surface area contributed by atoms with Crippen molar-refractivity contribution in [1.82, 2.24) is 4.90 Å². The summed E-state index contributed by atoms with van der Waals surface area (Å²) >= 11 is 1.45. The summed E-state index contributed by atoms with van der Waals surface area (Å²) < 4.78 is 4.81. The molecule has 0 aliphatic carbocycles. The monoisotopic (exact) mass is 315 g/mol. The lowest BCUT2D eigenvalue weighted by Crippen LogP contribution is -2.36.